The van der Waals surface area contributed by atoms with Crippen molar-refractivity contribution in [2.75, 3.05) is 45.8 Å². The molecule has 24 nitrogen and oxygen atoms in total. The number of nitrogens with one attached hydrogen (secondary N) is 1. The first kappa shape index (κ1) is 62.4. The largest absolute Gasteiger partial charge is 0.459 e. The van der Waals surface area contributed by atoms with Crippen LogP contribution >= 0.6 is 27.7 Å². The van der Waals surface area contributed by atoms with Gasteiger partial charge in [-0.2, -0.15) is 0 Å². The van der Waals surface area contributed by atoms with E-state index in [1.165, 1.54) is 39.0 Å². The number of imidazole rings is 1. The van der Waals surface area contributed by atoms with Crippen LogP contribution in [0.15, 0.2) is 63.3 Å². The summed E-state index contributed by atoms with van der Waals surface area (Å²) in [5.41, 5.74) is 0.110. The second-order valence-electron chi connectivity index (χ2n) is 25.4. The lowest BCUT2D eigenvalue weighted by atomic mass is 9.43. The van der Waals surface area contributed by atoms with Gasteiger partial charge in [0.25, 0.3) is 0 Å². The molecule has 3 amide bonds. The molecule has 464 valence electrons. The summed E-state index contributed by atoms with van der Waals surface area (Å²) in [6.45, 7) is 14.0. The maximum absolute atomic E-state index is 15.2. The number of nitrogens with two attached hydrogens (primary N) is 1. The molecule has 2 bridgehead atoms. The van der Waals surface area contributed by atoms with Crippen molar-refractivity contribution >= 4 is 86.3 Å². The molecule has 6 aliphatic rings. The van der Waals surface area contributed by atoms with Crippen molar-refractivity contribution in [1.82, 2.24) is 34.6 Å². The molecule has 3 aliphatic carbocycles. The number of esters is 2. The number of anilines is 1. The summed E-state index contributed by atoms with van der Waals surface area (Å²) >= 11 is 5.08. The number of alkyl carbamates (subject to hydrolysis) is 1. The number of piperidine rings is 1. The van der Waals surface area contributed by atoms with E-state index < -0.39 is 112 Å². The monoisotopic (exact) mass is 1270 g/mol. The van der Waals surface area contributed by atoms with Crippen LogP contribution in [-0.4, -0.2) is 162 Å². The van der Waals surface area contributed by atoms with Crippen LogP contribution in [0.3, 0.4) is 0 Å². The summed E-state index contributed by atoms with van der Waals surface area (Å²) in [5.74, 6) is -5.42. The van der Waals surface area contributed by atoms with Gasteiger partial charge >= 0.3 is 24.1 Å². The number of carbonyl (C=O) groups is 7. The zero-order valence-corrected chi connectivity index (χ0v) is 52.1. The highest BCUT2D eigenvalue weighted by atomic mass is 79.9. The van der Waals surface area contributed by atoms with Crippen molar-refractivity contribution in [1.29, 1.82) is 0 Å². The number of benzene rings is 2. The van der Waals surface area contributed by atoms with E-state index in [1.54, 1.807) is 76.8 Å². The van der Waals surface area contributed by atoms with Crippen molar-refractivity contribution < 1.29 is 76.9 Å². The number of aryl methyl sites for hydroxylation is 1. The van der Waals surface area contributed by atoms with E-state index in [0.717, 1.165) is 20.7 Å². The molecule has 5 heterocycles. The number of carbonyl (C=O) groups excluding carboxylic acids is 7. The first-order valence-electron chi connectivity index (χ1n) is 29.0. The van der Waals surface area contributed by atoms with Gasteiger partial charge in [-0.25, -0.2) is 29.3 Å². The summed E-state index contributed by atoms with van der Waals surface area (Å²) in [7, 11) is 1.41. The minimum atomic E-state index is -1.95. The van der Waals surface area contributed by atoms with Crippen LogP contribution in [0.1, 0.15) is 112 Å². The average Bonchev–Trinajstić information content (AvgIpc) is 0.800. The topological polar surface area (TPSA) is 313 Å². The van der Waals surface area contributed by atoms with E-state index in [2.05, 4.69) is 31.2 Å². The van der Waals surface area contributed by atoms with Crippen molar-refractivity contribution in [3.05, 3.63) is 58.8 Å². The summed E-state index contributed by atoms with van der Waals surface area (Å²) in [6, 6.07) is 10.5. The molecule has 10 rings (SSSR count). The quantitative estimate of drug-likeness (QED) is 0.0545. The number of fused-ring (bicyclic) bond motifs is 7. The van der Waals surface area contributed by atoms with Gasteiger partial charge in [-0.1, -0.05) is 62.9 Å². The third kappa shape index (κ3) is 11.7. The van der Waals surface area contributed by atoms with Gasteiger partial charge in [0.2, 0.25) is 30.4 Å². The minimum Gasteiger partial charge on any atom is -0.459 e. The fraction of sp³-hybridized carbons (Fsp3) is 0.600. The number of ketones is 2. The maximum Gasteiger partial charge on any atom is 0.410 e. The molecule has 11 unspecified atom stereocenters. The molecule has 5 N–H and O–H groups in total. The molecular formula is C60H75BrN8O16S. The van der Waals surface area contributed by atoms with Crippen LogP contribution in [0.2, 0.25) is 0 Å². The Morgan fingerprint density at radius 3 is 2.38 bits per heavy atom. The highest BCUT2D eigenvalue weighted by molar-refractivity contribution is 9.10. The van der Waals surface area contributed by atoms with Crippen LogP contribution < -0.4 is 20.5 Å². The molecule has 3 aliphatic heterocycles. The third-order valence-electron chi connectivity index (χ3n) is 18.7. The van der Waals surface area contributed by atoms with E-state index in [4.69, 9.17) is 43.9 Å². The number of rotatable bonds is 15. The fourth-order valence-electron chi connectivity index (χ4n) is 13.7. The first-order chi connectivity index (χ1) is 40.5. The zero-order chi connectivity index (χ0) is 62.0. The summed E-state index contributed by atoms with van der Waals surface area (Å²) in [6.07, 6.45) is -4.67. The number of hydrogen-bond acceptors (Lipinski definition) is 21. The van der Waals surface area contributed by atoms with Crippen LogP contribution in [0, 0.1) is 34.5 Å². The van der Waals surface area contributed by atoms with E-state index in [9.17, 15) is 39.0 Å². The molecule has 0 spiro atoms. The van der Waals surface area contributed by atoms with E-state index in [-0.39, 0.29) is 63.3 Å². The predicted molar refractivity (Wildman–Crippen MR) is 311 cm³/mol. The number of aliphatic hydroxyl groups excluding tert-OH is 1. The van der Waals surface area contributed by atoms with Crippen LogP contribution in [-0.2, 0) is 54.2 Å². The third-order valence-corrected chi connectivity index (χ3v) is 20.7. The lowest BCUT2D eigenvalue weighted by Gasteiger charge is -2.66. The Bertz CT molecular complexity index is 3320. The van der Waals surface area contributed by atoms with E-state index >= 15 is 4.79 Å². The minimum absolute atomic E-state index is 0.0907. The summed E-state index contributed by atoms with van der Waals surface area (Å²) in [4.78, 5) is 117. The lowest BCUT2D eigenvalue weighted by Crippen LogP contribution is -2.78. The summed E-state index contributed by atoms with van der Waals surface area (Å²) in [5, 5.41) is 28.2. The number of nitrogen functional groups attached to an aromatic ring is 1. The predicted octanol–water partition coefficient (Wildman–Crippen LogP) is 6.73. The number of amides is 3. The molecular weight excluding hydrogens is 1200 g/mol. The lowest BCUT2D eigenvalue weighted by molar-refractivity contribution is -0.329. The molecule has 3 saturated carbocycles. The highest BCUT2D eigenvalue weighted by Crippen LogP contribution is 2.64. The smallest absolute Gasteiger partial charge is 0.410 e. The van der Waals surface area contributed by atoms with Crippen LogP contribution in [0.25, 0.3) is 11.2 Å². The maximum atomic E-state index is 15.2. The highest BCUT2D eigenvalue weighted by Gasteiger charge is 2.75. The fourth-order valence-corrected chi connectivity index (χ4v) is 15.2. The SMILES string of the molecule is CC(=O)OC12COC1CC(O)C1(C)C(=O)C(=O)C3C(C)C(OC(=O)C(OC(=O)N(C)CCC(=O)N4CCC(CCn5c(Sc6cc7c(cc6Br)OCO7)nc6c(N)ncnc65)CC4)C(NC(=O)OC(C)(C)C)c4ccccc4)CC(O)(CC21)C3(C)C. The van der Waals surface area contributed by atoms with Crippen LogP contribution in [0.4, 0.5) is 15.4 Å². The van der Waals surface area contributed by atoms with Crippen molar-refractivity contribution in [2.24, 2.45) is 34.5 Å². The normalized spacial score (nSPS) is 28.3. The number of likely N-dealkylation sites (tertiary alicyclic amines) is 1. The number of hydrogen-bond donors (Lipinski definition) is 4. The number of Topliss-reactive ketones (excluding diaryl/α,β-unsaturated/α-hetero) is 2. The van der Waals surface area contributed by atoms with Gasteiger partial charge in [-0.05, 0) is 92.9 Å². The molecule has 4 aromatic rings. The average molecular weight is 1280 g/mol. The second kappa shape index (κ2) is 23.8. The summed E-state index contributed by atoms with van der Waals surface area (Å²) < 4.78 is 43.8. The Hall–Kier alpha value is -6.61. The van der Waals surface area contributed by atoms with Gasteiger partial charge in [-0.3, -0.25) is 19.2 Å². The van der Waals surface area contributed by atoms with Gasteiger partial charge < -0.3 is 68.8 Å². The van der Waals surface area contributed by atoms with Crippen LogP contribution in [0.5, 0.6) is 11.5 Å². The molecule has 2 saturated heterocycles. The van der Waals surface area contributed by atoms with Crippen molar-refractivity contribution in [3.63, 3.8) is 0 Å². The Labute approximate surface area is 510 Å². The van der Waals surface area contributed by atoms with E-state index in [0.29, 0.717) is 65.9 Å². The standard InChI is InChI=1S/C60H75BrN8O16S/c1-31-38(26-59(78)27-40-58(8,49(74)47(73)44(31)57(59,6)7)41(71)25-42-60(40,28-79-42)84-32(2)70)82-52(75)48(45(34-13-11-10-12-14-34)66-54(76)85-56(3,4)5)83-55(77)67(9)19-18-43(72)68-20-15-33(16-21-68)17-22-69-51-46(50(62)63-29-64-51)65-53(69)86-39-24-37-36(23-35(39)61)80-30-81-37/h10-14,23-24,29,31,33,38,40-42,44-45,48,71,78H,15-22,25-28,30H2,1-9H3,(H,66,76)(H2,62,63,64). The van der Waals surface area contributed by atoms with Gasteiger partial charge in [0.1, 0.15) is 30.2 Å². The van der Waals surface area contributed by atoms with Gasteiger partial charge in [0, 0.05) is 91.9 Å². The molecule has 11 atom stereocenters. The van der Waals surface area contributed by atoms with E-state index in [1.807, 2.05) is 16.7 Å². The number of ether oxygens (including phenoxy) is 7. The van der Waals surface area contributed by atoms with Gasteiger partial charge in [-0.15, -0.1) is 0 Å². The molecule has 26 heteroatoms. The zero-order valence-electron chi connectivity index (χ0n) is 49.7. The molecule has 2 aromatic heterocycles. The molecule has 0 radical (unpaired) electrons. The number of aliphatic hydroxyl groups is 2. The van der Waals surface area contributed by atoms with Gasteiger partial charge in [0.05, 0.1) is 23.7 Å². The Morgan fingerprint density at radius 2 is 1.72 bits per heavy atom. The Kier molecular flexibility index (Phi) is 17.3. The molecule has 86 heavy (non-hydrogen) atoms. The number of halogens is 1. The first-order valence-corrected chi connectivity index (χ1v) is 30.6. The Morgan fingerprint density at radius 1 is 1.02 bits per heavy atom. The number of nitrogens with zero attached hydrogens (tertiary/aromatic N) is 6. The van der Waals surface area contributed by atoms with Gasteiger partial charge in [0.15, 0.2) is 39.2 Å². The molecule has 5 fully saturated rings. The molecule has 2 aromatic carbocycles. The van der Waals surface area contributed by atoms with Crippen molar-refractivity contribution in [2.45, 2.75) is 164 Å². The second-order valence-corrected chi connectivity index (χ2v) is 27.3. The van der Waals surface area contributed by atoms with Crippen molar-refractivity contribution in [3.8, 4) is 11.5 Å². The Balaban J connectivity index is 0.833. The number of aromatic nitrogens is 4.